The molecular formula is C53H99O13P. The monoisotopic (exact) mass is 975 g/mol. The largest absolute Gasteiger partial charge is 0.472 e. The summed E-state index contributed by atoms with van der Waals surface area (Å²) in [6.45, 7) is 3.30. The number of hydrogen-bond acceptors (Lipinski definition) is 12. The van der Waals surface area contributed by atoms with Crippen molar-refractivity contribution in [1.82, 2.24) is 0 Å². The first-order valence-electron chi connectivity index (χ1n) is 27.1. The quantitative estimate of drug-likeness (QED) is 0.0145. The molecule has 1 aliphatic rings. The van der Waals surface area contributed by atoms with Gasteiger partial charge < -0.3 is 39.9 Å². The molecule has 1 saturated carbocycles. The summed E-state index contributed by atoms with van der Waals surface area (Å²) < 4.78 is 33.6. The fraction of sp³-hybridized carbons (Fsp3) is 0.887. The zero-order valence-electron chi connectivity index (χ0n) is 42.2. The highest BCUT2D eigenvalue weighted by Crippen LogP contribution is 2.47. The molecule has 394 valence electrons. The molecule has 6 N–H and O–H groups in total. The molecule has 0 radical (unpaired) electrons. The minimum Gasteiger partial charge on any atom is -0.462 e. The van der Waals surface area contributed by atoms with Crippen LogP contribution in [-0.4, -0.2) is 98.3 Å². The van der Waals surface area contributed by atoms with Crippen LogP contribution in [0.4, 0.5) is 0 Å². The number of phosphoric ester groups is 1. The van der Waals surface area contributed by atoms with Gasteiger partial charge in [0, 0.05) is 12.8 Å². The maximum Gasteiger partial charge on any atom is 0.472 e. The van der Waals surface area contributed by atoms with Gasteiger partial charge in [-0.15, -0.1) is 0 Å². The average molecular weight is 975 g/mol. The van der Waals surface area contributed by atoms with Crippen molar-refractivity contribution in [2.24, 2.45) is 0 Å². The smallest absolute Gasteiger partial charge is 0.462 e. The van der Waals surface area contributed by atoms with E-state index in [9.17, 15) is 44.6 Å². The van der Waals surface area contributed by atoms with Crippen LogP contribution in [-0.2, 0) is 32.7 Å². The number of rotatable bonds is 46. The number of hydrogen-bond donors (Lipinski definition) is 6. The summed E-state index contributed by atoms with van der Waals surface area (Å²) in [7, 11) is -5.13. The molecule has 0 spiro atoms. The van der Waals surface area contributed by atoms with Gasteiger partial charge in [0.15, 0.2) is 6.10 Å². The molecule has 0 aliphatic heterocycles. The van der Waals surface area contributed by atoms with Gasteiger partial charge in [-0.3, -0.25) is 18.6 Å². The van der Waals surface area contributed by atoms with Crippen molar-refractivity contribution in [1.29, 1.82) is 0 Å². The molecule has 0 saturated heterocycles. The zero-order chi connectivity index (χ0) is 49.2. The molecular weight excluding hydrogens is 876 g/mol. The number of esters is 2. The fourth-order valence-electron chi connectivity index (χ4n) is 8.41. The molecule has 8 atom stereocenters. The number of unbranched alkanes of at least 4 members (excludes halogenated alkanes) is 30. The molecule has 1 rings (SSSR count). The van der Waals surface area contributed by atoms with Gasteiger partial charge in [0.2, 0.25) is 0 Å². The molecule has 0 aromatic heterocycles. The van der Waals surface area contributed by atoms with Crippen molar-refractivity contribution in [3.05, 3.63) is 24.3 Å². The predicted molar refractivity (Wildman–Crippen MR) is 267 cm³/mol. The van der Waals surface area contributed by atoms with Gasteiger partial charge in [0.25, 0.3) is 0 Å². The van der Waals surface area contributed by atoms with Crippen molar-refractivity contribution >= 4 is 19.8 Å². The minimum absolute atomic E-state index is 0.0637. The van der Waals surface area contributed by atoms with Crippen LogP contribution in [0.2, 0.25) is 0 Å². The maximum absolute atomic E-state index is 12.8. The molecule has 0 aromatic rings. The highest BCUT2D eigenvalue weighted by Gasteiger charge is 2.51. The van der Waals surface area contributed by atoms with Crippen LogP contribution < -0.4 is 0 Å². The van der Waals surface area contributed by atoms with Gasteiger partial charge in [-0.1, -0.05) is 199 Å². The number of phosphoric acid groups is 1. The van der Waals surface area contributed by atoms with E-state index < -0.39 is 75.7 Å². The molecule has 6 unspecified atom stereocenters. The Balaban J connectivity index is 2.36. The average Bonchev–Trinajstić information content (AvgIpc) is 3.31. The third-order valence-corrected chi connectivity index (χ3v) is 13.8. The van der Waals surface area contributed by atoms with E-state index in [2.05, 4.69) is 38.2 Å². The molecule has 1 fully saturated rings. The summed E-state index contributed by atoms with van der Waals surface area (Å²) >= 11 is 0. The van der Waals surface area contributed by atoms with Crippen molar-refractivity contribution in [2.75, 3.05) is 13.2 Å². The first-order valence-corrected chi connectivity index (χ1v) is 28.6. The lowest BCUT2D eigenvalue weighted by Crippen LogP contribution is -2.64. The Hall–Kier alpha value is -1.67. The number of aliphatic hydroxyl groups is 5. The normalized spacial score (nSPS) is 21.3. The van der Waals surface area contributed by atoms with E-state index in [0.29, 0.717) is 19.3 Å². The van der Waals surface area contributed by atoms with Crippen LogP contribution >= 0.6 is 7.82 Å². The Morgan fingerprint density at radius 3 is 1.18 bits per heavy atom. The van der Waals surface area contributed by atoms with E-state index in [1.165, 1.54) is 167 Å². The van der Waals surface area contributed by atoms with E-state index in [0.717, 1.165) is 32.1 Å². The second-order valence-corrected chi connectivity index (χ2v) is 20.5. The molecule has 67 heavy (non-hydrogen) atoms. The molecule has 14 heteroatoms. The lowest BCUT2D eigenvalue weighted by Gasteiger charge is -2.41. The van der Waals surface area contributed by atoms with Gasteiger partial charge in [0.1, 0.15) is 43.2 Å². The van der Waals surface area contributed by atoms with Crippen molar-refractivity contribution in [3.8, 4) is 0 Å². The van der Waals surface area contributed by atoms with Gasteiger partial charge in [-0.25, -0.2) is 4.57 Å². The van der Waals surface area contributed by atoms with E-state index >= 15 is 0 Å². The highest BCUT2D eigenvalue weighted by molar-refractivity contribution is 7.47. The van der Waals surface area contributed by atoms with Crippen LogP contribution in [0.25, 0.3) is 0 Å². The van der Waals surface area contributed by atoms with Gasteiger partial charge in [0.05, 0.1) is 6.61 Å². The zero-order valence-corrected chi connectivity index (χ0v) is 43.1. The van der Waals surface area contributed by atoms with Gasteiger partial charge in [-0.2, -0.15) is 0 Å². The molecule has 0 heterocycles. The van der Waals surface area contributed by atoms with E-state index in [4.69, 9.17) is 18.5 Å². The van der Waals surface area contributed by atoms with E-state index in [1.54, 1.807) is 0 Å². The summed E-state index contributed by atoms with van der Waals surface area (Å²) in [5.41, 5.74) is 0. The Morgan fingerprint density at radius 1 is 0.448 bits per heavy atom. The minimum atomic E-state index is -5.13. The first-order chi connectivity index (χ1) is 32.4. The summed E-state index contributed by atoms with van der Waals surface area (Å²) in [6, 6.07) is 0. The second-order valence-electron chi connectivity index (χ2n) is 19.1. The first kappa shape index (κ1) is 63.3. The Kier molecular flexibility index (Phi) is 40.8. The van der Waals surface area contributed by atoms with E-state index in [-0.39, 0.29) is 12.8 Å². The highest BCUT2D eigenvalue weighted by atomic mass is 31.2. The molecule has 1 aliphatic carbocycles. The Morgan fingerprint density at radius 2 is 0.776 bits per heavy atom. The molecule has 0 amide bonds. The van der Waals surface area contributed by atoms with Crippen molar-refractivity contribution in [2.45, 2.75) is 288 Å². The summed E-state index contributed by atoms with van der Waals surface area (Å²) in [4.78, 5) is 35.8. The van der Waals surface area contributed by atoms with Gasteiger partial charge in [-0.05, 0) is 57.8 Å². The lowest BCUT2D eigenvalue weighted by molar-refractivity contribution is -0.220. The van der Waals surface area contributed by atoms with Crippen LogP contribution in [0.5, 0.6) is 0 Å². The number of carbonyl (C=O) groups is 2. The molecule has 0 bridgehead atoms. The van der Waals surface area contributed by atoms with Crippen LogP contribution in [0.1, 0.15) is 245 Å². The Labute approximate surface area is 406 Å². The number of aliphatic hydroxyl groups excluding tert-OH is 5. The van der Waals surface area contributed by atoms with Crippen molar-refractivity contribution in [3.63, 3.8) is 0 Å². The SMILES string of the molecule is CCCCCCCCCCC/C=C/CCCCC(=O)O[C@@H](COC(=O)CCC/C=C/CCCCCCCCCCCCCCCCCCCC)COP(=O)(O)OC1C(O)C(O)C(O)[C@H](O)C1O. The van der Waals surface area contributed by atoms with E-state index in [1.807, 2.05) is 0 Å². The maximum atomic E-state index is 12.8. The number of carbonyl (C=O) groups excluding carboxylic acids is 2. The van der Waals surface area contributed by atoms with Crippen molar-refractivity contribution < 1.29 is 63.1 Å². The summed E-state index contributed by atoms with van der Waals surface area (Å²) in [6.07, 6.45) is 36.8. The van der Waals surface area contributed by atoms with Crippen LogP contribution in [0.15, 0.2) is 24.3 Å². The fourth-order valence-corrected chi connectivity index (χ4v) is 9.38. The van der Waals surface area contributed by atoms with Crippen LogP contribution in [0, 0.1) is 0 Å². The topological polar surface area (TPSA) is 210 Å². The second kappa shape index (κ2) is 43.1. The Bertz CT molecular complexity index is 1270. The lowest BCUT2D eigenvalue weighted by atomic mass is 9.85. The number of allylic oxidation sites excluding steroid dienone is 4. The predicted octanol–water partition coefficient (Wildman–Crippen LogP) is 12.0. The third-order valence-electron chi connectivity index (χ3n) is 12.8. The third kappa shape index (κ3) is 35.1. The van der Waals surface area contributed by atoms with Gasteiger partial charge >= 0.3 is 19.8 Å². The van der Waals surface area contributed by atoms with Crippen LogP contribution in [0.3, 0.4) is 0 Å². The summed E-state index contributed by atoms with van der Waals surface area (Å²) in [5.74, 6) is -1.15. The standard InChI is InChI=1S/C53H99O13P/c1-3-5-7-9-11-13-15-17-19-20-21-22-23-24-25-26-28-29-31-33-35-37-39-41-46(54)63-43-45(44-64-67(61,62)66-53-51(59)49(57)48(56)50(58)52(53)60)65-47(55)42-40-38-36-34-32-30-27-18-16-14-12-10-8-6-4-2/h32-35,45,48-53,56-60H,3-31,36-44H2,1-2H3,(H,61,62)/b34-32+,35-33+/t45-,48?,49-,50?,51?,52?,53?/m0/s1. The molecule has 0 aromatic carbocycles. The number of ether oxygens (including phenoxy) is 2. The summed E-state index contributed by atoms with van der Waals surface area (Å²) in [5, 5.41) is 50.3. The molecule has 13 nitrogen and oxygen atoms in total.